The van der Waals surface area contributed by atoms with Gasteiger partial charge < -0.3 is 33.6 Å². The van der Waals surface area contributed by atoms with Gasteiger partial charge >= 0.3 is 0 Å². The summed E-state index contributed by atoms with van der Waals surface area (Å²) in [4.78, 5) is 35.3. The summed E-state index contributed by atoms with van der Waals surface area (Å²) in [5.74, 6) is 1.46. The number of H-pyrrole nitrogens is 1. The molecular weight excluding hydrogens is 593 g/mol. The summed E-state index contributed by atoms with van der Waals surface area (Å²) >= 11 is 7.22. The zero-order valence-electron chi connectivity index (χ0n) is 22.4. The molecule has 1 unspecified atom stereocenters. The van der Waals surface area contributed by atoms with E-state index in [4.69, 9.17) is 40.6 Å². The molecule has 0 saturated heterocycles. The van der Waals surface area contributed by atoms with Crippen molar-refractivity contribution >= 4 is 54.0 Å². The van der Waals surface area contributed by atoms with Crippen molar-refractivity contribution in [2.45, 2.75) is 13.2 Å². The predicted molar refractivity (Wildman–Crippen MR) is 159 cm³/mol. The van der Waals surface area contributed by atoms with Crippen LogP contribution >= 0.6 is 31.7 Å². The Morgan fingerprint density at radius 1 is 1.12 bits per heavy atom. The maximum atomic E-state index is 12.7. The minimum Gasteiger partial charge on any atom is -0.493 e. The Balaban J connectivity index is 1.29. The van der Waals surface area contributed by atoms with Crippen LogP contribution in [0.5, 0.6) is 11.5 Å². The smallest absolute Gasteiger partial charge is 0.280 e. The third-order valence-electron chi connectivity index (χ3n) is 5.60. The number of aromatic nitrogens is 4. The van der Waals surface area contributed by atoms with Crippen LogP contribution < -0.4 is 20.8 Å². The van der Waals surface area contributed by atoms with Gasteiger partial charge in [-0.2, -0.15) is 4.98 Å². The summed E-state index contributed by atoms with van der Waals surface area (Å²) in [5, 5.41) is 0.494. The summed E-state index contributed by atoms with van der Waals surface area (Å²) in [6.45, 7) is 1.23. The normalized spacial score (nSPS) is 12.0. The number of halogens is 1. The van der Waals surface area contributed by atoms with Gasteiger partial charge in [-0.15, -0.1) is 0 Å². The number of nitrogens with zero attached hydrogens (tertiary/aromatic N) is 3. The molecule has 0 aliphatic heterocycles. The largest absolute Gasteiger partial charge is 0.493 e. The number of imidazole rings is 1. The first-order chi connectivity index (χ1) is 19.9. The van der Waals surface area contributed by atoms with Gasteiger partial charge in [-0.1, -0.05) is 35.5 Å². The highest BCUT2D eigenvalue weighted by Gasteiger charge is 2.15. The van der Waals surface area contributed by atoms with Gasteiger partial charge in [0.25, 0.3) is 5.56 Å². The van der Waals surface area contributed by atoms with Crippen LogP contribution in [0.3, 0.4) is 0 Å². The number of anilines is 1. The molecular formula is C26H29ClN5O7PS. The third-order valence-corrected chi connectivity index (χ3v) is 7.99. The predicted octanol–water partition coefficient (Wildman–Crippen LogP) is 4.47. The van der Waals surface area contributed by atoms with E-state index in [1.54, 1.807) is 28.8 Å². The zero-order valence-corrected chi connectivity index (χ0v) is 24.8. The fraction of sp³-hybridized carbons (Fsp3) is 0.308. The second kappa shape index (κ2) is 15.2. The molecule has 0 radical (unpaired) electrons. The number of nitrogens with one attached hydrogen (secondary N) is 1. The number of hydrogen-bond donors (Lipinski definition) is 2. The Hall–Kier alpha value is -3.19. The molecule has 4 rings (SSSR count). The van der Waals surface area contributed by atoms with E-state index in [0.717, 1.165) is 17.3 Å². The molecule has 218 valence electrons. The number of rotatable bonds is 15. The zero-order chi connectivity index (χ0) is 29.2. The van der Waals surface area contributed by atoms with Gasteiger partial charge in [-0.05, 0) is 35.9 Å². The highest BCUT2D eigenvalue weighted by atomic mass is 35.5. The molecule has 0 aliphatic rings. The lowest BCUT2D eigenvalue weighted by Crippen LogP contribution is -2.13. The van der Waals surface area contributed by atoms with E-state index in [2.05, 4.69) is 15.0 Å². The minimum absolute atomic E-state index is 0.0129. The van der Waals surface area contributed by atoms with Crippen molar-refractivity contribution in [1.82, 2.24) is 19.5 Å². The molecule has 0 fully saturated rings. The van der Waals surface area contributed by atoms with Crippen LogP contribution in [0.1, 0.15) is 15.9 Å². The maximum absolute atomic E-state index is 12.7. The van der Waals surface area contributed by atoms with Gasteiger partial charge in [0.05, 0.1) is 40.4 Å². The van der Waals surface area contributed by atoms with Crippen molar-refractivity contribution in [3.63, 3.8) is 0 Å². The number of ether oxygens (including phenoxy) is 3. The van der Waals surface area contributed by atoms with E-state index in [1.807, 2.05) is 18.2 Å². The van der Waals surface area contributed by atoms with E-state index < -0.39 is 13.9 Å². The number of hydrogen-bond acceptors (Lipinski definition) is 11. The molecule has 15 heteroatoms. The third kappa shape index (κ3) is 8.65. The van der Waals surface area contributed by atoms with E-state index in [9.17, 15) is 9.59 Å². The Morgan fingerprint density at radius 3 is 2.73 bits per heavy atom. The Bertz CT molecular complexity index is 1540. The number of methoxy groups -OCH3 is 2. The SMILES string of the molecule is COc1ccc(C(=O)SCCOP(COCCn2cnc3c(=O)[nH]c(N)nc32)OCc2cccc(Cl)c2)cc1OC. The number of carbonyl (C=O) groups excluding carboxylic acids is 1. The van der Waals surface area contributed by atoms with Crippen LogP contribution in [-0.2, 0) is 26.9 Å². The first-order valence-electron chi connectivity index (χ1n) is 12.3. The molecule has 0 saturated carbocycles. The van der Waals surface area contributed by atoms with E-state index in [-0.39, 0.29) is 42.7 Å². The number of aromatic amines is 1. The van der Waals surface area contributed by atoms with Crippen molar-refractivity contribution in [2.24, 2.45) is 0 Å². The average Bonchev–Trinajstić information content (AvgIpc) is 3.38. The van der Waals surface area contributed by atoms with Crippen LogP contribution in [0.25, 0.3) is 11.2 Å². The molecule has 0 amide bonds. The van der Waals surface area contributed by atoms with Gasteiger partial charge in [-0.3, -0.25) is 14.6 Å². The first kappa shape index (κ1) is 30.8. The fourth-order valence-electron chi connectivity index (χ4n) is 3.64. The molecule has 0 aliphatic carbocycles. The second-order valence-electron chi connectivity index (χ2n) is 8.37. The first-order valence-corrected chi connectivity index (χ1v) is 15.1. The molecule has 0 spiro atoms. The number of nitrogens with two attached hydrogens (primary N) is 1. The van der Waals surface area contributed by atoms with E-state index in [0.29, 0.717) is 40.0 Å². The molecule has 41 heavy (non-hydrogen) atoms. The van der Waals surface area contributed by atoms with Crippen molar-refractivity contribution in [1.29, 1.82) is 0 Å². The average molecular weight is 622 g/mol. The monoisotopic (exact) mass is 621 g/mol. The van der Waals surface area contributed by atoms with Crippen molar-refractivity contribution in [3.05, 3.63) is 75.3 Å². The number of nitrogen functional groups attached to an aromatic ring is 1. The second-order valence-corrected chi connectivity index (χ2v) is 11.3. The van der Waals surface area contributed by atoms with Crippen LogP contribution in [-0.4, -0.2) is 64.2 Å². The van der Waals surface area contributed by atoms with E-state index in [1.165, 1.54) is 20.5 Å². The van der Waals surface area contributed by atoms with Gasteiger partial charge in [0, 0.05) is 22.9 Å². The lowest BCUT2D eigenvalue weighted by Gasteiger charge is -2.18. The minimum atomic E-state index is -1.45. The summed E-state index contributed by atoms with van der Waals surface area (Å²) < 4.78 is 30.0. The lowest BCUT2D eigenvalue weighted by atomic mass is 10.2. The van der Waals surface area contributed by atoms with Crippen LogP contribution in [0.2, 0.25) is 5.02 Å². The quantitative estimate of drug-likeness (QED) is 0.143. The molecule has 0 bridgehead atoms. The molecule has 4 aromatic rings. The Labute approximate surface area is 246 Å². The van der Waals surface area contributed by atoms with Crippen molar-refractivity contribution in [2.75, 3.05) is 45.3 Å². The number of fused-ring (bicyclic) bond motifs is 1. The Kier molecular flexibility index (Phi) is 11.4. The standard InChI is InChI=1S/C26H29ClN5O7PS/c1-35-20-7-6-18(13-21(20)36-2)25(34)41-11-10-38-40(39-14-17-4-3-5-19(27)12-17)16-37-9-8-32-15-29-22-23(32)30-26(28)31-24(22)33/h3-7,12-13,15H,8-11,14,16H2,1-2H3,(H3,28,30,31,33). The number of carbonyl (C=O) groups is 1. The summed E-state index contributed by atoms with van der Waals surface area (Å²) in [7, 11) is 1.61. The molecule has 12 nitrogen and oxygen atoms in total. The van der Waals surface area contributed by atoms with E-state index >= 15 is 0 Å². The fourth-order valence-corrected chi connectivity index (χ4v) is 5.71. The summed E-state index contributed by atoms with van der Waals surface area (Å²) in [6, 6.07) is 12.4. The highest BCUT2D eigenvalue weighted by Crippen LogP contribution is 2.39. The number of thioether (sulfide) groups is 1. The summed E-state index contributed by atoms with van der Waals surface area (Å²) in [6.07, 6.45) is 1.70. The van der Waals surface area contributed by atoms with Crippen molar-refractivity contribution < 1.29 is 28.1 Å². The number of benzene rings is 2. The van der Waals surface area contributed by atoms with Gasteiger partial charge in [0.2, 0.25) is 11.1 Å². The molecule has 2 heterocycles. The molecule has 1 atom stereocenters. The highest BCUT2D eigenvalue weighted by molar-refractivity contribution is 8.14. The Morgan fingerprint density at radius 2 is 1.95 bits per heavy atom. The van der Waals surface area contributed by atoms with Gasteiger partial charge in [0.1, 0.15) is 6.35 Å². The van der Waals surface area contributed by atoms with Gasteiger partial charge in [-0.25, -0.2) is 4.98 Å². The summed E-state index contributed by atoms with van der Waals surface area (Å²) in [5.41, 5.74) is 7.23. The maximum Gasteiger partial charge on any atom is 0.280 e. The topological polar surface area (TPSA) is 153 Å². The van der Waals surface area contributed by atoms with Crippen LogP contribution in [0.15, 0.2) is 53.6 Å². The van der Waals surface area contributed by atoms with Crippen molar-refractivity contribution in [3.8, 4) is 11.5 Å². The van der Waals surface area contributed by atoms with Gasteiger partial charge in [0.15, 0.2) is 31.0 Å². The molecule has 2 aromatic heterocycles. The molecule has 3 N–H and O–H groups in total. The van der Waals surface area contributed by atoms with Crippen LogP contribution in [0, 0.1) is 0 Å². The molecule has 2 aromatic carbocycles. The lowest BCUT2D eigenvalue weighted by molar-refractivity contribution is 0.108. The van der Waals surface area contributed by atoms with Crippen LogP contribution in [0.4, 0.5) is 5.95 Å².